The SMILES string of the molecule is C=C(NC1CCCCC1)C(C)N. The molecule has 70 valence electrons. The van der Waals surface area contributed by atoms with Crippen LogP contribution in [0.5, 0.6) is 0 Å². The second kappa shape index (κ2) is 4.51. The molecule has 1 saturated carbocycles. The molecule has 0 aromatic heterocycles. The van der Waals surface area contributed by atoms with Crippen molar-refractivity contribution in [2.24, 2.45) is 5.73 Å². The van der Waals surface area contributed by atoms with Crippen molar-refractivity contribution in [2.75, 3.05) is 0 Å². The molecule has 0 aromatic rings. The average molecular weight is 168 g/mol. The number of nitrogens with two attached hydrogens (primary N) is 1. The molecule has 0 radical (unpaired) electrons. The van der Waals surface area contributed by atoms with E-state index in [0.717, 1.165) is 5.70 Å². The molecule has 0 saturated heterocycles. The maximum atomic E-state index is 5.69. The number of hydrogen-bond acceptors (Lipinski definition) is 2. The molecule has 1 rings (SSSR count). The lowest BCUT2D eigenvalue weighted by atomic mass is 9.95. The number of nitrogens with one attached hydrogen (secondary N) is 1. The third-order valence-electron chi connectivity index (χ3n) is 2.54. The number of hydrogen-bond donors (Lipinski definition) is 2. The molecule has 1 atom stereocenters. The largest absolute Gasteiger partial charge is 0.385 e. The second-order valence-corrected chi connectivity index (χ2v) is 3.79. The highest BCUT2D eigenvalue weighted by Crippen LogP contribution is 2.18. The summed E-state index contributed by atoms with van der Waals surface area (Å²) < 4.78 is 0. The molecule has 0 bridgehead atoms. The summed E-state index contributed by atoms with van der Waals surface area (Å²) in [6.07, 6.45) is 6.66. The van der Waals surface area contributed by atoms with Gasteiger partial charge in [0.2, 0.25) is 0 Å². The molecule has 1 fully saturated rings. The molecule has 1 unspecified atom stereocenters. The second-order valence-electron chi connectivity index (χ2n) is 3.79. The van der Waals surface area contributed by atoms with Gasteiger partial charge in [-0.2, -0.15) is 0 Å². The van der Waals surface area contributed by atoms with Gasteiger partial charge in [0.1, 0.15) is 0 Å². The van der Waals surface area contributed by atoms with E-state index < -0.39 is 0 Å². The Kier molecular flexibility index (Phi) is 3.60. The van der Waals surface area contributed by atoms with E-state index in [-0.39, 0.29) is 6.04 Å². The van der Waals surface area contributed by atoms with E-state index in [9.17, 15) is 0 Å². The normalized spacial score (nSPS) is 21.8. The van der Waals surface area contributed by atoms with Crippen molar-refractivity contribution >= 4 is 0 Å². The van der Waals surface area contributed by atoms with Crippen LogP contribution in [0.4, 0.5) is 0 Å². The van der Waals surface area contributed by atoms with E-state index in [2.05, 4.69) is 11.9 Å². The van der Waals surface area contributed by atoms with Crippen LogP contribution in [0, 0.1) is 0 Å². The Morgan fingerprint density at radius 1 is 1.42 bits per heavy atom. The first-order chi connectivity index (χ1) is 5.70. The molecular weight excluding hydrogens is 148 g/mol. The van der Waals surface area contributed by atoms with Crippen molar-refractivity contribution in [3.05, 3.63) is 12.3 Å². The molecule has 0 heterocycles. The summed E-state index contributed by atoms with van der Waals surface area (Å²) in [7, 11) is 0. The van der Waals surface area contributed by atoms with Crippen molar-refractivity contribution in [1.29, 1.82) is 0 Å². The van der Waals surface area contributed by atoms with Gasteiger partial charge in [-0.25, -0.2) is 0 Å². The summed E-state index contributed by atoms with van der Waals surface area (Å²) in [5, 5.41) is 3.40. The molecule has 2 heteroatoms. The van der Waals surface area contributed by atoms with Gasteiger partial charge in [-0.1, -0.05) is 25.8 Å². The number of rotatable bonds is 3. The fourth-order valence-corrected chi connectivity index (χ4v) is 1.64. The standard InChI is InChI=1S/C10H20N2/c1-8(11)9(2)12-10-6-4-3-5-7-10/h8,10,12H,2-7,11H2,1H3. The van der Waals surface area contributed by atoms with Gasteiger partial charge in [0, 0.05) is 17.8 Å². The smallest absolute Gasteiger partial charge is 0.0409 e. The fraction of sp³-hybridized carbons (Fsp3) is 0.800. The minimum absolute atomic E-state index is 0.0759. The van der Waals surface area contributed by atoms with Crippen LogP contribution in [0.25, 0.3) is 0 Å². The Morgan fingerprint density at radius 2 is 2.00 bits per heavy atom. The Labute approximate surface area is 75.2 Å². The van der Waals surface area contributed by atoms with Gasteiger partial charge in [-0.05, 0) is 19.8 Å². The predicted molar refractivity (Wildman–Crippen MR) is 52.8 cm³/mol. The molecule has 1 aliphatic carbocycles. The van der Waals surface area contributed by atoms with Crippen LogP contribution in [-0.2, 0) is 0 Å². The Hall–Kier alpha value is -0.500. The van der Waals surface area contributed by atoms with Gasteiger partial charge in [0.05, 0.1) is 0 Å². The highest BCUT2D eigenvalue weighted by molar-refractivity contribution is 5.01. The third kappa shape index (κ3) is 2.86. The third-order valence-corrected chi connectivity index (χ3v) is 2.54. The molecule has 0 spiro atoms. The zero-order chi connectivity index (χ0) is 8.97. The summed E-state index contributed by atoms with van der Waals surface area (Å²) >= 11 is 0. The summed E-state index contributed by atoms with van der Waals surface area (Å²) in [5.41, 5.74) is 6.68. The minimum Gasteiger partial charge on any atom is -0.385 e. The monoisotopic (exact) mass is 168 g/mol. The topological polar surface area (TPSA) is 38.0 Å². The van der Waals surface area contributed by atoms with Crippen molar-refractivity contribution in [1.82, 2.24) is 5.32 Å². The molecule has 1 aliphatic rings. The van der Waals surface area contributed by atoms with Crippen molar-refractivity contribution in [3.8, 4) is 0 Å². The van der Waals surface area contributed by atoms with Gasteiger partial charge in [0.25, 0.3) is 0 Å². The van der Waals surface area contributed by atoms with Crippen LogP contribution in [0.3, 0.4) is 0 Å². The lowest BCUT2D eigenvalue weighted by Gasteiger charge is -2.26. The quantitative estimate of drug-likeness (QED) is 0.674. The van der Waals surface area contributed by atoms with Crippen LogP contribution >= 0.6 is 0 Å². The molecule has 0 aliphatic heterocycles. The van der Waals surface area contributed by atoms with Crippen LogP contribution in [0.1, 0.15) is 39.0 Å². The van der Waals surface area contributed by atoms with Crippen molar-refractivity contribution < 1.29 is 0 Å². The highest BCUT2D eigenvalue weighted by Gasteiger charge is 2.13. The molecular formula is C10H20N2. The Balaban J connectivity index is 2.24. The van der Waals surface area contributed by atoms with E-state index in [1.807, 2.05) is 6.92 Å². The summed E-state index contributed by atoms with van der Waals surface area (Å²) in [4.78, 5) is 0. The fourth-order valence-electron chi connectivity index (χ4n) is 1.64. The lowest BCUT2D eigenvalue weighted by Crippen LogP contribution is -2.36. The minimum atomic E-state index is 0.0759. The molecule has 12 heavy (non-hydrogen) atoms. The summed E-state index contributed by atoms with van der Waals surface area (Å²) in [6.45, 7) is 5.88. The molecule has 0 amide bonds. The first kappa shape index (κ1) is 9.59. The van der Waals surface area contributed by atoms with E-state index in [4.69, 9.17) is 5.73 Å². The van der Waals surface area contributed by atoms with Gasteiger partial charge in [0.15, 0.2) is 0 Å². The van der Waals surface area contributed by atoms with Crippen molar-refractivity contribution in [3.63, 3.8) is 0 Å². The van der Waals surface area contributed by atoms with Gasteiger partial charge < -0.3 is 11.1 Å². The van der Waals surface area contributed by atoms with Gasteiger partial charge >= 0.3 is 0 Å². The molecule has 2 nitrogen and oxygen atoms in total. The van der Waals surface area contributed by atoms with Crippen LogP contribution in [-0.4, -0.2) is 12.1 Å². The summed E-state index contributed by atoms with van der Waals surface area (Å²) in [5.74, 6) is 0. The maximum Gasteiger partial charge on any atom is 0.0409 e. The van der Waals surface area contributed by atoms with Crippen LogP contribution < -0.4 is 11.1 Å². The Bertz CT molecular complexity index is 146. The maximum absolute atomic E-state index is 5.69. The van der Waals surface area contributed by atoms with E-state index in [1.165, 1.54) is 32.1 Å². The van der Waals surface area contributed by atoms with E-state index >= 15 is 0 Å². The van der Waals surface area contributed by atoms with Crippen LogP contribution in [0.2, 0.25) is 0 Å². The first-order valence-corrected chi connectivity index (χ1v) is 4.91. The molecule has 3 N–H and O–H groups in total. The van der Waals surface area contributed by atoms with Gasteiger partial charge in [-0.15, -0.1) is 0 Å². The zero-order valence-electron chi connectivity index (χ0n) is 7.97. The van der Waals surface area contributed by atoms with E-state index in [0.29, 0.717) is 6.04 Å². The average Bonchev–Trinajstić information content (AvgIpc) is 2.06. The lowest BCUT2D eigenvalue weighted by molar-refractivity contribution is 0.391. The first-order valence-electron chi connectivity index (χ1n) is 4.91. The van der Waals surface area contributed by atoms with Crippen LogP contribution in [0.15, 0.2) is 12.3 Å². The summed E-state index contributed by atoms with van der Waals surface area (Å²) in [6, 6.07) is 0.712. The van der Waals surface area contributed by atoms with Crippen molar-refractivity contribution in [2.45, 2.75) is 51.1 Å². The highest BCUT2D eigenvalue weighted by atomic mass is 15.0. The van der Waals surface area contributed by atoms with E-state index in [1.54, 1.807) is 0 Å². The zero-order valence-corrected chi connectivity index (χ0v) is 7.97. The van der Waals surface area contributed by atoms with Gasteiger partial charge in [-0.3, -0.25) is 0 Å². The molecule has 0 aromatic carbocycles. The Morgan fingerprint density at radius 3 is 2.50 bits per heavy atom. The predicted octanol–water partition coefficient (Wildman–Crippen LogP) is 1.77.